The van der Waals surface area contributed by atoms with Crippen LogP contribution in [0, 0.1) is 0 Å². The van der Waals surface area contributed by atoms with Crippen LogP contribution in [0.25, 0.3) is 0 Å². The third-order valence-corrected chi connectivity index (χ3v) is 4.96. The van der Waals surface area contributed by atoms with Crippen LogP contribution in [0.2, 0.25) is 5.02 Å². The van der Waals surface area contributed by atoms with Crippen LogP contribution < -0.4 is 5.32 Å². The lowest BCUT2D eigenvalue weighted by Gasteiger charge is -2.17. The number of hydrogen-bond acceptors (Lipinski definition) is 5. The molecule has 0 atom stereocenters. The van der Waals surface area contributed by atoms with E-state index in [0.29, 0.717) is 31.4 Å². The van der Waals surface area contributed by atoms with Gasteiger partial charge >= 0.3 is 0 Å². The molecule has 0 aliphatic heterocycles. The van der Waals surface area contributed by atoms with Gasteiger partial charge in [-0.3, -0.25) is 4.79 Å². The molecule has 7 nitrogen and oxygen atoms in total. The number of likely N-dealkylation sites (N-methyl/N-ethyl adjacent to an activating group) is 1. The largest absolute Gasteiger partial charge is 0.382 e. The van der Waals surface area contributed by atoms with Crippen LogP contribution in [0.5, 0.6) is 0 Å². The van der Waals surface area contributed by atoms with Crippen LogP contribution in [-0.4, -0.2) is 65.7 Å². The lowest BCUT2D eigenvalue weighted by molar-refractivity contribution is -0.121. The fourth-order valence-electron chi connectivity index (χ4n) is 1.64. The normalized spacial score (nSPS) is 11.7. The van der Waals surface area contributed by atoms with E-state index in [-0.39, 0.29) is 11.4 Å². The summed E-state index contributed by atoms with van der Waals surface area (Å²) in [6.45, 7) is 1.29. The van der Waals surface area contributed by atoms with Crippen molar-refractivity contribution in [3.8, 4) is 0 Å². The maximum atomic E-state index is 12.3. The van der Waals surface area contributed by atoms with E-state index in [2.05, 4.69) is 5.32 Å². The predicted molar refractivity (Wildman–Crippen MR) is 87.0 cm³/mol. The predicted octanol–water partition coefficient (Wildman–Crippen LogP) is 0.740. The number of carbonyl (C=O) groups excluding carboxylic acids is 1. The Morgan fingerprint density at radius 3 is 2.48 bits per heavy atom. The van der Waals surface area contributed by atoms with Gasteiger partial charge in [0, 0.05) is 25.7 Å². The van der Waals surface area contributed by atoms with Crippen molar-refractivity contribution < 1.29 is 22.7 Å². The molecule has 1 aromatic rings. The zero-order chi connectivity index (χ0) is 17.3. The molecule has 0 unspecified atom stereocenters. The number of amides is 1. The first-order chi connectivity index (χ1) is 10.9. The molecular formula is C14H21ClN2O5S. The molecule has 1 amide bonds. The number of nitrogens with one attached hydrogen (secondary N) is 1. The van der Waals surface area contributed by atoms with E-state index in [1.54, 1.807) is 7.11 Å². The average Bonchev–Trinajstić information content (AvgIpc) is 2.51. The number of halogens is 1. The molecule has 130 valence electrons. The van der Waals surface area contributed by atoms with Crippen molar-refractivity contribution in [2.45, 2.75) is 4.90 Å². The van der Waals surface area contributed by atoms with E-state index in [9.17, 15) is 13.2 Å². The third-order valence-electron chi connectivity index (χ3n) is 2.89. The Balaban J connectivity index is 2.43. The Hall–Kier alpha value is -1.19. The zero-order valence-corrected chi connectivity index (χ0v) is 14.7. The zero-order valence-electron chi connectivity index (χ0n) is 13.1. The topological polar surface area (TPSA) is 84.9 Å². The van der Waals surface area contributed by atoms with Crippen molar-refractivity contribution in [2.24, 2.45) is 0 Å². The summed E-state index contributed by atoms with van der Waals surface area (Å²) >= 11 is 5.74. The van der Waals surface area contributed by atoms with E-state index in [4.69, 9.17) is 21.1 Å². The molecule has 1 rings (SSSR count). The third kappa shape index (κ3) is 6.84. The van der Waals surface area contributed by atoms with Gasteiger partial charge in [0.25, 0.3) is 0 Å². The van der Waals surface area contributed by atoms with Gasteiger partial charge in [-0.2, -0.15) is 4.31 Å². The summed E-state index contributed by atoms with van der Waals surface area (Å²) < 4.78 is 35.6. The summed E-state index contributed by atoms with van der Waals surface area (Å²) in [4.78, 5) is 11.8. The highest BCUT2D eigenvalue weighted by Crippen LogP contribution is 2.17. The summed E-state index contributed by atoms with van der Waals surface area (Å²) in [5.74, 6) is -0.402. The van der Waals surface area contributed by atoms with Gasteiger partial charge in [0.2, 0.25) is 15.9 Å². The second kappa shape index (κ2) is 9.84. The SMILES string of the molecule is COCCOCCNC(=O)CN(C)S(=O)(=O)c1ccc(Cl)cc1. The molecule has 0 saturated carbocycles. The lowest BCUT2D eigenvalue weighted by atomic mass is 10.4. The Kier molecular flexibility index (Phi) is 8.49. The molecular weight excluding hydrogens is 344 g/mol. The number of carbonyl (C=O) groups is 1. The minimum atomic E-state index is -3.73. The van der Waals surface area contributed by atoms with E-state index < -0.39 is 15.9 Å². The number of benzene rings is 1. The molecule has 23 heavy (non-hydrogen) atoms. The second-order valence-electron chi connectivity index (χ2n) is 4.67. The van der Waals surface area contributed by atoms with Crippen molar-refractivity contribution in [1.29, 1.82) is 0 Å². The molecule has 0 aromatic heterocycles. The van der Waals surface area contributed by atoms with Crippen LogP contribution in [0.4, 0.5) is 0 Å². The molecule has 0 fully saturated rings. The van der Waals surface area contributed by atoms with E-state index in [1.165, 1.54) is 31.3 Å². The van der Waals surface area contributed by atoms with Crippen LogP contribution in [0.1, 0.15) is 0 Å². The number of methoxy groups -OCH3 is 1. The molecule has 0 spiro atoms. The van der Waals surface area contributed by atoms with E-state index in [0.717, 1.165) is 4.31 Å². The van der Waals surface area contributed by atoms with Crippen LogP contribution >= 0.6 is 11.6 Å². The number of sulfonamides is 1. The highest BCUT2D eigenvalue weighted by molar-refractivity contribution is 7.89. The molecule has 9 heteroatoms. The fourth-order valence-corrected chi connectivity index (χ4v) is 2.89. The van der Waals surface area contributed by atoms with E-state index >= 15 is 0 Å². The molecule has 0 saturated heterocycles. The molecule has 0 radical (unpaired) electrons. The Bertz CT molecular complexity index is 592. The number of rotatable bonds is 10. The van der Waals surface area contributed by atoms with Gasteiger partial charge in [-0.05, 0) is 24.3 Å². The summed E-state index contributed by atoms with van der Waals surface area (Å²) in [7, 11) is -0.810. The Morgan fingerprint density at radius 2 is 1.87 bits per heavy atom. The minimum absolute atomic E-state index is 0.0834. The summed E-state index contributed by atoms with van der Waals surface area (Å²) in [5, 5.41) is 3.03. The van der Waals surface area contributed by atoms with Gasteiger partial charge in [-0.1, -0.05) is 11.6 Å². The van der Waals surface area contributed by atoms with Crippen LogP contribution in [0.15, 0.2) is 29.2 Å². The molecule has 1 N–H and O–H groups in total. The van der Waals surface area contributed by atoms with Crippen molar-refractivity contribution >= 4 is 27.5 Å². The van der Waals surface area contributed by atoms with Crippen molar-refractivity contribution in [1.82, 2.24) is 9.62 Å². The maximum Gasteiger partial charge on any atom is 0.243 e. The Morgan fingerprint density at radius 1 is 1.22 bits per heavy atom. The quantitative estimate of drug-likeness (QED) is 0.619. The Labute approximate surface area is 141 Å². The number of ether oxygens (including phenoxy) is 2. The fraction of sp³-hybridized carbons (Fsp3) is 0.500. The molecule has 0 aliphatic carbocycles. The van der Waals surface area contributed by atoms with Gasteiger partial charge in [0.15, 0.2) is 0 Å². The van der Waals surface area contributed by atoms with Crippen molar-refractivity contribution in [3.05, 3.63) is 29.3 Å². The number of hydrogen-bond donors (Lipinski definition) is 1. The summed E-state index contributed by atoms with van der Waals surface area (Å²) in [6.07, 6.45) is 0. The molecule has 0 aliphatic rings. The standard InChI is InChI=1S/C14H21ClN2O5S/c1-17(11-14(18)16-7-8-22-10-9-21-2)23(19,20)13-5-3-12(15)4-6-13/h3-6H,7-11H2,1-2H3,(H,16,18). The van der Waals surface area contributed by atoms with E-state index in [1.807, 2.05) is 0 Å². The van der Waals surface area contributed by atoms with Crippen LogP contribution in [-0.2, 0) is 24.3 Å². The van der Waals surface area contributed by atoms with Gasteiger partial charge in [0.1, 0.15) is 0 Å². The maximum absolute atomic E-state index is 12.3. The molecule has 0 bridgehead atoms. The van der Waals surface area contributed by atoms with Gasteiger partial charge < -0.3 is 14.8 Å². The van der Waals surface area contributed by atoms with Gasteiger partial charge in [0.05, 0.1) is 31.3 Å². The van der Waals surface area contributed by atoms with Crippen LogP contribution in [0.3, 0.4) is 0 Å². The highest BCUT2D eigenvalue weighted by Gasteiger charge is 2.22. The highest BCUT2D eigenvalue weighted by atomic mass is 35.5. The van der Waals surface area contributed by atoms with Gasteiger partial charge in [-0.25, -0.2) is 8.42 Å². The molecule has 1 aromatic carbocycles. The minimum Gasteiger partial charge on any atom is -0.382 e. The summed E-state index contributed by atoms with van der Waals surface area (Å²) in [5.41, 5.74) is 0. The first-order valence-corrected chi connectivity index (χ1v) is 8.75. The monoisotopic (exact) mass is 364 g/mol. The number of nitrogens with zero attached hydrogens (tertiary/aromatic N) is 1. The average molecular weight is 365 g/mol. The molecule has 0 heterocycles. The van der Waals surface area contributed by atoms with Crippen molar-refractivity contribution in [2.75, 3.05) is 47.1 Å². The smallest absolute Gasteiger partial charge is 0.243 e. The first-order valence-electron chi connectivity index (χ1n) is 6.93. The van der Waals surface area contributed by atoms with Gasteiger partial charge in [-0.15, -0.1) is 0 Å². The van der Waals surface area contributed by atoms with Crippen molar-refractivity contribution in [3.63, 3.8) is 0 Å². The summed E-state index contributed by atoms with van der Waals surface area (Å²) in [6, 6.07) is 5.77. The first kappa shape index (κ1) is 19.9. The second-order valence-corrected chi connectivity index (χ2v) is 7.15. The lowest BCUT2D eigenvalue weighted by Crippen LogP contribution is -2.39.